The number of aliphatic hydroxyl groups is 1. The number of ether oxygens (including phenoxy) is 4. The maximum atomic E-state index is 13.1. The van der Waals surface area contributed by atoms with Crippen molar-refractivity contribution >= 4 is 39.5 Å². The molecule has 0 aliphatic rings. The Hall–Kier alpha value is -2.98. The first-order valence-electron chi connectivity index (χ1n) is 40.9. The highest BCUT2D eigenvalue weighted by Gasteiger charge is 2.30. The van der Waals surface area contributed by atoms with Gasteiger partial charge in [0.05, 0.1) is 26.4 Å². The average molecular weight is 1460 g/mol. The van der Waals surface area contributed by atoms with E-state index in [1.807, 2.05) is 0 Å². The molecule has 0 aromatic heterocycles. The van der Waals surface area contributed by atoms with Gasteiger partial charge in [0.15, 0.2) is 12.2 Å². The maximum absolute atomic E-state index is 13.1. The topological polar surface area (TPSA) is 237 Å². The fraction of sp³-hybridized carbons (Fsp3) is 0.852. The Labute approximate surface area is 610 Å². The minimum absolute atomic E-state index is 0.0888. The van der Waals surface area contributed by atoms with Crippen molar-refractivity contribution in [1.82, 2.24) is 0 Å². The lowest BCUT2D eigenvalue weighted by Crippen LogP contribution is -2.30. The molecule has 0 aliphatic carbocycles. The molecular formula is C81H150O17P2. The lowest BCUT2D eigenvalue weighted by Gasteiger charge is -2.21. The molecule has 5 atom stereocenters. The third-order valence-corrected chi connectivity index (χ3v) is 19.7. The van der Waals surface area contributed by atoms with Gasteiger partial charge in [0.25, 0.3) is 0 Å². The molecular weight excluding hydrogens is 1310 g/mol. The van der Waals surface area contributed by atoms with Gasteiger partial charge in [0, 0.05) is 25.7 Å². The highest BCUT2D eigenvalue weighted by Crippen LogP contribution is 2.45. The van der Waals surface area contributed by atoms with Gasteiger partial charge in [-0.15, -0.1) is 0 Å². The van der Waals surface area contributed by atoms with Gasteiger partial charge in [-0.25, -0.2) is 9.13 Å². The highest BCUT2D eigenvalue weighted by molar-refractivity contribution is 7.47. The van der Waals surface area contributed by atoms with Crippen LogP contribution in [0.25, 0.3) is 0 Å². The fourth-order valence-corrected chi connectivity index (χ4v) is 13.1. The number of phosphoric acid groups is 2. The van der Waals surface area contributed by atoms with Gasteiger partial charge in [0.2, 0.25) is 0 Å². The number of rotatable bonds is 78. The van der Waals surface area contributed by atoms with E-state index in [2.05, 4.69) is 76.3 Å². The van der Waals surface area contributed by atoms with E-state index < -0.39 is 97.5 Å². The third kappa shape index (κ3) is 73.3. The predicted octanol–water partition coefficient (Wildman–Crippen LogP) is 23.7. The summed E-state index contributed by atoms with van der Waals surface area (Å²) < 4.78 is 68.7. The molecule has 0 amide bonds. The number of hydrogen-bond donors (Lipinski definition) is 3. The Morgan fingerprint density at radius 2 is 0.490 bits per heavy atom. The molecule has 0 aromatic rings. The van der Waals surface area contributed by atoms with Gasteiger partial charge in [0.1, 0.15) is 19.3 Å². The number of carbonyl (C=O) groups is 4. The van der Waals surface area contributed by atoms with Gasteiger partial charge < -0.3 is 33.8 Å². The number of carbonyl (C=O) groups excluding carboxylic acids is 4. The summed E-state index contributed by atoms with van der Waals surface area (Å²) in [6, 6.07) is 0. The molecule has 0 saturated carbocycles. The Bertz CT molecular complexity index is 2080. The van der Waals surface area contributed by atoms with Crippen LogP contribution in [0.5, 0.6) is 0 Å². The Morgan fingerprint density at radius 3 is 0.770 bits per heavy atom. The molecule has 19 heteroatoms. The van der Waals surface area contributed by atoms with Gasteiger partial charge in [-0.3, -0.25) is 37.3 Å². The molecule has 0 radical (unpaired) electrons. The molecule has 0 aliphatic heterocycles. The molecule has 2 unspecified atom stereocenters. The standard InChI is InChI=1S/C81H150O17P2/c1-5-9-13-17-21-25-29-33-37-41-45-49-53-57-61-65-78(83)91-71-76(97-80(85)67-63-59-55-51-47-43-39-35-31-27-23-19-15-11-7-3)73-95-99(87,88)93-69-75(82)70-94-100(89,90)96-74-77(98-81(86)68-64-60-56-52-48-44-40-36-32-28-24-20-16-12-8-4)72-92-79(84)66-62-58-54-50-46-42-38-34-30-26-22-18-14-10-6-2/h21,25,33-34,36-38,40,75-77,82H,5-20,22-24,26-32,35,39,41-74H2,1-4H3,(H,87,88)(H,89,90)/b25-21-,37-33-,38-34-,40-36-/t75-,76+,77+/m0/s1. The normalized spacial score (nSPS) is 14.1. The van der Waals surface area contributed by atoms with Crippen molar-refractivity contribution in [2.75, 3.05) is 39.6 Å². The molecule has 100 heavy (non-hydrogen) atoms. The van der Waals surface area contributed by atoms with Gasteiger partial charge in [-0.05, 0) is 109 Å². The van der Waals surface area contributed by atoms with Crippen LogP contribution in [0.4, 0.5) is 0 Å². The minimum atomic E-state index is -4.97. The van der Waals surface area contributed by atoms with Crippen molar-refractivity contribution < 1.29 is 80.2 Å². The number of phosphoric ester groups is 2. The molecule has 0 saturated heterocycles. The largest absolute Gasteiger partial charge is 0.472 e. The summed E-state index contributed by atoms with van der Waals surface area (Å²) >= 11 is 0. The van der Waals surface area contributed by atoms with E-state index in [-0.39, 0.29) is 25.7 Å². The average Bonchev–Trinajstić information content (AvgIpc) is 1.01. The first-order valence-corrected chi connectivity index (χ1v) is 43.9. The zero-order chi connectivity index (χ0) is 73.2. The summed E-state index contributed by atoms with van der Waals surface area (Å²) in [6.07, 6.45) is 72.2. The Balaban J connectivity index is 5.34. The minimum Gasteiger partial charge on any atom is -0.462 e. The molecule has 0 bridgehead atoms. The second kappa shape index (κ2) is 74.3. The van der Waals surface area contributed by atoms with Crippen molar-refractivity contribution in [1.29, 1.82) is 0 Å². The molecule has 0 rings (SSSR count). The summed E-state index contributed by atoms with van der Waals surface area (Å²) in [7, 11) is -9.94. The second-order valence-corrected chi connectivity index (χ2v) is 30.6. The van der Waals surface area contributed by atoms with E-state index >= 15 is 0 Å². The number of esters is 4. The number of unbranched alkanes of at least 4 members (excludes halogenated alkanes) is 44. The molecule has 0 spiro atoms. The van der Waals surface area contributed by atoms with E-state index in [0.29, 0.717) is 25.7 Å². The Morgan fingerprint density at radius 1 is 0.280 bits per heavy atom. The number of allylic oxidation sites excluding steroid dienone is 8. The summed E-state index contributed by atoms with van der Waals surface area (Å²) in [5.41, 5.74) is 0. The smallest absolute Gasteiger partial charge is 0.462 e. The van der Waals surface area contributed by atoms with E-state index in [1.54, 1.807) is 0 Å². The fourth-order valence-electron chi connectivity index (χ4n) is 11.5. The predicted molar refractivity (Wildman–Crippen MR) is 409 cm³/mol. The lowest BCUT2D eigenvalue weighted by atomic mass is 10.0. The molecule has 0 heterocycles. The zero-order valence-electron chi connectivity index (χ0n) is 64.1. The van der Waals surface area contributed by atoms with Crippen LogP contribution in [0.15, 0.2) is 48.6 Å². The summed E-state index contributed by atoms with van der Waals surface area (Å²) in [6.45, 7) is 4.90. The van der Waals surface area contributed by atoms with Crippen molar-refractivity contribution in [3.05, 3.63) is 48.6 Å². The van der Waals surface area contributed by atoms with Crippen LogP contribution in [-0.4, -0.2) is 96.7 Å². The summed E-state index contributed by atoms with van der Waals surface area (Å²) in [5.74, 6) is -2.17. The summed E-state index contributed by atoms with van der Waals surface area (Å²) in [5, 5.41) is 10.6. The first-order chi connectivity index (χ1) is 48.7. The number of hydrogen-bond acceptors (Lipinski definition) is 15. The maximum Gasteiger partial charge on any atom is 0.472 e. The molecule has 3 N–H and O–H groups in total. The molecule has 0 aromatic carbocycles. The van der Waals surface area contributed by atoms with E-state index in [4.69, 9.17) is 37.0 Å². The van der Waals surface area contributed by atoms with Crippen LogP contribution >= 0.6 is 15.6 Å². The molecule has 586 valence electrons. The van der Waals surface area contributed by atoms with Crippen molar-refractivity contribution in [3.8, 4) is 0 Å². The van der Waals surface area contributed by atoms with Crippen LogP contribution in [-0.2, 0) is 65.4 Å². The SMILES string of the molecule is CCCCC/C=C\C/C=C\CCCCCCCC(=O)OC[C@H](COP(=O)(O)OC[C@H](O)COP(=O)(O)OC[C@@H](COC(=O)CCCCCCC/C=C\CCCCCCCC)OC(=O)CCCCCCC/C=C\CCCCCCCC)OC(=O)CCCCCCCCCCCCCCCCC. The first kappa shape index (κ1) is 97.0. The van der Waals surface area contributed by atoms with Crippen LogP contribution in [0.3, 0.4) is 0 Å². The van der Waals surface area contributed by atoms with E-state index in [1.165, 1.54) is 161 Å². The third-order valence-electron chi connectivity index (χ3n) is 17.8. The molecule has 17 nitrogen and oxygen atoms in total. The second-order valence-electron chi connectivity index (χ2n) is 27.7. The van der Waals surface area contributed by atoms with E-state index in [0.717, 1.165) is 148 Å². The van der Waals surface area contributed by atoms with Crippen LogP contribution in [0.2, 0.25) is 0 Å². The van der Waals surface area contributed by atoms with Crippen LogP contribution < -0.4 is 0 Å². The number of aliphatic hydroxyl groups excluding tert-OH is 1. The monoisotopic (exact) mass is 1460 g/mol. The highest BCUT2D eigenvalue weighted by atomic mass is 31.2. The van der Waals surface area contributed by atoms with Crippen molar-refractivity contribution in [2.45, 2.75) is 406 Å². The van der Waals surface area contributed by atoms with Gasteiger partial charge in [-0.1, -0.05) is 301 Å². The van der Waals surface area contributed by atoms with Gasteiger partial charge in [-0.2, -0.15) is 0 Å². The summed E-state index contributed by atoms with van der Waals surface area (Å²) in [4.78, 5) is 73.0. The van der Waals surface area contributed by atoms with Crippen molar-refractivity contribution in [3.63, 3.8) is 0 Å². The van der Waals surface area contributed by atoms with Crippen LogP contribution in [0.1, 0.15) is 387 Å². The van der Waals surface area contributed by atoms with Crippen molar-refractivity contribution in [2.24, 2.45) is 0 Å². The Kier molecular flexibility index (Phi) is 72.1. The van der Waals surface area contributed by atoms with E-state index in [9.17, 15) is 43.2 Å². The molecule has 0 fully saturated rings. The lowest BCUT2D eigenvalue weighted by molar-refractivity contribution is -0.161. The zero-order valence-corrected chi connectivity index (χ0v) is 65.9. The van der Waals surface area contributed by atoms with Crippen LogP contribution in [0, 0.1) is 0 Å². The quantitative estimate of drug-likeness (QED) is 0.0169. The van der Waals surface area contributed by atoms with Gasteiger partial charge >= 0.3 is 39.5 Å².